The summed E-state index contributed by atoms with van der Waals surface area (Å²) in [5, 5.41) is 7.41. The average Bonchev–Trinajstić information content (AvgIpc) is 3.61. The van der Waals surface area contributed by atoms with Crippen LogP contribution in [0.2, 0.25) is 10.0 Å². The van der Waals surface area contributed by atoms with Gasteiger partial charge in [0.15, 0.2) is 6.61 Å². The van der Waals surface area contributed by atoms with Crippen molar-refractivity contribution in [3.8, 4) is 5.75 Å². The van der Waals surface area contributed by atoms with Gasteiger partial charge in [0.05, 0.1) is 24.1 Å². The maximum Gasteiger partial charge on any atom is 0.350 e. The predicted molar refractivity (Wildman–Crippen MR) is 135 cm³/mol. The van der Waals surface area contributed by atoms with E-state index in [1.54, 1.807) is 49.6 Å². The number of carbonyl (C=O) groups excluding carboxylic acids is 2. The van der Waals surface area contributed by atoms with E-state index in [9.17, 15) is 9.59 Å². The summed E-state index contributed by atoms with van der Waals surface area (Å²) in [6, 6.07) is 15.6. The summed E-state index contributed by atoms with van der Waals surface area (Å²) in [6.07, 6.45) is 1.98. The second-order valence-corrected chi connectivity index (χ2v) is 9.58. The predicted octanol–water partition coefficient (Wildman–Crippen LogP) is 6.34. The molecule has 0 radical (unpaired) electrons. The highest BCUT2D eigenvalue weighted by molar-refractivity contribution is 7.21. The first-order valence-corrected chi connectivity index (χ1v) is 12.1. The molecular formula is C25H18Cl2N2O5S. The molecule has 1 unspecified atom stereocenters. The summed E-state index contributed by atoms with van der Waals surface area (Å²) in [5.74, 6) is 0.0681. The number of hydrogen-bond acceptors (Lipinski definition) is 7. The Balaban J connectivity index is 1.34. The van der Waals surface area contributed by atoms with Crippen LogP contribution in [0.3, 0.4) is 0 Å². The molecule has 0 spiro atoms. The SMILES string of the molecule is COc1ccc2c(Cl)c(C(=O)OCC(=O)N3N=C(c4ccc(Cl)cc4)CC3c3ccco3)sc2c1. The number of furan rings is 1. The molecule has 2 aromatic carbocycles. The second-order valence-electron chi connectivity index (χ2n) is 7.71. The molecule has 0 bridgehead atoms. The van der Waals surface area contributed by atoms with Crippen LogP contribution in [-0.2, 0) is 9.53 Å². The van der Waals surface area contributed by atoms with E-state index in [-0.39, 0.29) is 9.90 Å². The molecule has 3 heterocycles. The highest BCUT2D eigenvalue weighted by atomic mass is 35.5. The first-order chi connectivity index (χ1) is 16.9. The first kappa shape index (κ1) is 23.4. The van der Waals surface area contributed by atoms with Crippen molar-refractivity contribution >= 4 is 62.2 Å². The van der Waals surface area contributed by atoms with Gasteiger partial charge >= 0.3 is 5.97 Å². The van der Waals surface area contributed by atoms with Gasteiger partial charge in [-0.2, -0.15) is 5.10 Å². The molecule has 4 aromatic rings. The molecular weight excluding hydrogens is 511 g/mol. The van der Waals surface area contributed by atoms with Gasteiger partial charge in [-0.1, -0.05) is 35.3 Å². The largest absolute Gasteiger partial charge is 0.497 e. The molecule has 0 fully saturated rings. The second kappa shape index (κ2) is 9.73. The molecule has 1 amide bonds. The molecule has 0 saturated heterocycles. The van der Waals surface area contributed by atoms with Crippen molar-refractivity contribution in [2.45, 2.75) is 12.5 Å². The van der Waals surface area contributed by atoms with E-state index >= 15 is 0 Å². The number of ether oxygens (including phenoxy) is 2. The number of carbonyl (C=O) groups is 2. The van der Waals surface area contributed by atoms with Crippen LogP contribution in [-0.4, -0.2) is 36.3 Å². The first-order valence-electron chi connectivity index (χ1n) is 10.6. The molecule has 0 saturated carbocycles. The Hall–Kier alpha value is -3.33. The van der Waals surface area contributed by atoms with Crippen LogP contribution in [0.5, 0.6) is 5.75 Å². The van der Waals surface area contributed by atoms with Crippen LogP contribution < -0.4 is 4.74 Å². The van der Waals surface area contributed by atoms with E-state index in [4.69, 9.17) is 37.1 Å². The Bertz CT molecular complexity index is 1430. The number of thiophene rings is 1. The van der Waals surface area contributed by atoms with Crippen molar-refractivity contribution in [1.29, 1.82) is 0 Å². The van der Waals surface area contributed by atoms with Crippen molar-refractivity contribution in [2.75, 3.05) is 13.7 Å². The maximum atomic E-state index is 13.1. The number of rotatable bonds is 6. The maximum absolute atomic E-state index is 13.1. The van der Waals surface area contributed by atoms with Gasteiger partial charge in [0.1, 0.15) is 22.4 Å². The van der Waals surface area contributed by atoms with E-state index in [2.05, 4.69) is 5.10 Å². The van der Waals surface area contributed by atoms with E-state index in [1.807, 2.05) is 12.1 Å². The van der Waals surface area contributed by atoms with E-state index in [0.29, 0.717) is 34.1 Å². The Morgan fingerprint density at radius 1 is 1.17 bits per heavy atom. The lowest BCUT2D eigenvalue weighted by Gasteiger charge is -2.19. The molecule has 1 atom stereocenters. The Kier molecular flexibility index (Phi) is 6.51. The summed E-state index contributed by atoms with van der Waals surface area (Å²) in [5.41, 5.74) is 1.54. The molecule has 1 aliphatic rings. The molecule has 5 rings (SSSR count). The number of hydrazone groups is 1. The number of esters is 1. The minimum absolute atomic E-state index is 0.220. The minimum atomic E-state index is -0.681. The van der Waals surface area contributed by atoms with Gasteiger partial charge in [0.2, 0.25) is 0 Å². The number of benzene rings is 2. The summed E-state index contributed by atoms with van der Waals surface area (Å²) in [4.78, 5) is 26.1. The van der Waals surface area contributed by atoms with Crippen LogP contribution in [0, 0.1) is 0 Å². The number of fused-ring (bicyclic) bond motifs is 1. The standard InChI is InChI=1S/C25H18Cl2N2O5S/c1-32-16-8-9-17-21(11-16)35-24(23(17)27)25(31)34-13-22(30)29-19(20-3-2-10-33-20)12-18(28-29)14-4-6-15(26)7-5-14/h2-11,19H,12-13H2,1H3. The van der Waals surface area contributed by atoms with E-state index in [1.165, 1.54) is 22.6 Å². The van der Waals surface area contributed by atoms with Crippen molar-refractivity contribution in [3.63, 3.8) is 0 Å². The van der Waals surface area contributed by atoms with Gasteiger partial charge in [-0.15, -0.1) is 11.3 Å². The molecule has 7 nitrogen and oxygen atoms in total. The van der Waals surface area contributed by atoms with E-state index in [0.717, 1.165) is 10.3 Å². The van der Waals surface area contributed by atoms with Crippen LogP contribution >= 0.6 is 34.5 Å². The van der Waals surface area contributed by atoms with Gasteiger partial charge in [-0.05, 0) is 48.0 Å². The molecule has 0 N–H and O–H groups in total. The van der Waals surface area contributed by atoms with Crippen molar-refractivity contribution in [3.05, 3.63) is 87.1 Å². The Morgan fingerprint density at radius 3 is 2.69 bits per heavy atom. The zero-order chi connectivity index (χ0) is 24.5. The fourth-order valence-electron chi connectivity index (χ4n) is 3.82. The van der Waals surface area contributed by atoms with Crippen LogP contribution in [0.15, 0.2) is 70.4 Å². The van der Waals surface area contributed by atoms with Gasteiger partial charge in [-0.25, -0.2) is 9.80 Å². The minimum Gasteiger partial charge on any atom is -0.497 e. The number of amides is 1. The zero-order valence-corrected chi connectivity index (χ0v) is 20.7. The lowest BCUT2D eigenvalue weighted by atomic mass is 10.0. The number of hydrogen-bond donors (Lipinski definition) is 0. The molecule has 0 aliphatic carbocycles. The Labute approximate surface area is 214 Å². The topological polar surface area (TPSA) is 81.3 Å². The summed E-state index contributed by atoms with van der Waals surface area (Å²) in [7, 11) is 1.56. The van der Waals surface area contributed by atoms with Gasteiger partial charge in [0, 0.05) is 21.5 Å². The van der Waals surface area contributed by atoms with Crippen molar-refractivity contribution in [1.82, 2.24) is 5.01 Å². The lowest BCUT2D eigenvalue weighted by molar-refractivity contribution is -0.136. The summed E-state index contributed by atoms with van der Waals surface area (Å²) >= 11 is 13.6. The molecule has 10 heteroatoms. The van der Waals surface area contributed by atoms with Gasteiger partial charge < -0.3 is 13.9 Å². The third-order valence-electron chi connectivity index (χ3n) is 5.56. The van der Waals surface area contributed by atoms with Crippen LogP contribution in [0.25, 0.3) is 10.1 Å². The fourth-order valence-corrected chi connectivity index (χ4v) is 5.38. The number of methoxy groups -OCH3 is 1. The third-order valence-corrected chi connectivity index (χ3v) is 7.45. The fraction of sp³-hybridized carbons (Fsp3) is 0.160. The van der Waals surface area contributed by atoms with Crippen LogP contribution in [0.4, 0.5) is 0 Å². The highest BCUT2D eigenvalue weighted by Crippen LogP contribution is 2.38. The monoisotopic (exact) mass is 528 g/mol. The smallest absolute Gasteiger partial charge is 0.350 e. The lowest BCUT2D eigenvalue weighted by Crippen LogP contribution is -2.31. The highest BCUT2D eigenvalue weighted by Gasteiger charge is 2.35. The molecule has 35 heavy (non-hydrogen) atoms. The zero-order valence-electron chi connectivity index (χ0n) is 18.4. The van der Waals surface area contributed by atoms with Gasteiger partial charge in [-0.3, -0.25) is 4.79 Å². The molecule has 1 aliphatic heterocycles. The quantitative estimate of drug-likeness (QED) is 0.272. The van der Waals surface area contributed by atoms with Crippen LogP contribution in [0.1, 0.15) is 33.5 Å². The number of nitrogens with zero attached hydrogens (tertiary/aromatic N) is 2. The molecule has 2 aromatic heterocycles. The summed E-state index contributed by atoms with van der Waals surface area (Å²) in [6.45, 7) is -0.499. The van der Waals surface area contributed by atoms with Gasteiger partial charge in [0.25, 0.3) is 5.91 Å². The van der Waals surface area contributed by atoms with E-state index < -0.39 is 24.5 Å². The Morgan fingerprint density at radius 2 is 1.97 bits per heavy atom. The van der Waals surface area contributed by atoms with Crippen molar-refractivity contribution in [2.24, 2.45) is 5.10 Å². The summed E-state index contributed by atoms with van der Waals surface area (Å²) < 4.78 is 16.9. The normalized spacial score (nSPS) is 15.3. The molecule has 178 valence electrons. The number of halogens is 2. The van der Waals surface area contributed by atoms with Crippen molar-refractivity contribution < 1.29 is 23.5 Å². The average molecular weight is 529 g/mol. The third kappa shape index (κ3) is 4.65.